The summed E-state index contributed by atoms with van der Waals surface area (Å²) in [6.45, 7) is 6.97. The summed E-state index contributed by atoms with van der Waals surface area (Å²) < 4.78 is 5.31. The van der Waals surface area contributed by atoms with Gasteiger partial charge in [0.15, 0.2) is 11.7 Å². The molecule has 23 heavy (non-hydrogen) atoms. The number of nitrogens with one attached hydrogen (secondary N) is 1. The van der Waals surface area contributed by atoms with Crippen molar-refractivity contribution in [2.24, 2.45) is 4.99 Å². The SMILES string of the molecule is CCc1cc(CNC(=NC)N2CCC(N3CC=CC3)C2)on1.I. The van der Waals surface area contributed by atoms with Gasteiger partial charge in [-0.2, -0.15) is 0 Å². The van der Waals surface area contributed by atoms with Crippen molar-refractivity contribution in [3.8, 4) is 0 Å². The molecule has 2 aliphatic heterocycles. The Kier molecular flexibility index (Phi) is 6.88. The van der Waals surface area contributed by atoms with Crippen LogP contribution in [0.5, 0.6) is 0 Å². The molecule has 7 heteroatoms. The molecule has 3 rings (SSSR count). The minimum atomic E-state index is 0. The molecule has 1 atom stereocenters. The summed E-state index contributed by atoms with van der Waals surface area (Å²) in [6.07, 6.45) is 6.61. The first-order valence-corrected chi connectivity index (χ1v) is 8.09. The van der Waals surface area contributed by atoms with E-state index in [2.05, 4.69) is 44.3 Å². The Labute approximate surface area is 155 Å². The number of hydrogen-bond acceptors (Lipinski definition) is 4. The molecule has 0 amide bonds. The minimum Gasteiger partial charge on any atom is -0.359 e. The van der Waals surface area contributed by atoms with Gasteiger partial charge in [-0.05, 0) is 12.8 Å². The van der Waals surface area contributed by atoms with Gasteiger partial charge < -0.3 is 14.7 Å². The Bertz CT molecular complexity index is 548. The molecule has 1 fully saturated rings. The number of aryl methyl sites for hydroxylation is 1. The van der Waals surface area contributed by atoms with Gasteiger partial charge in [0.25, 0.3) is 0 Å². The maximum absolute atomic E-state index is 5.31. The van der Waals surface area contributed by atoms with Crippen molar-refractivity contribution in [3.63, 3.8) is 0 Å². The predicted molar refractivity (Wildman–Crippen MR) is 102 cm³/mol. The van der Waals surface area contributed by atoms with E-state index in [9.17, 15) is 0 Å². The zero-order chi connectivity index (χ0) is 15.4. The maximum atomic E-state index is 5.31. The van der Waals surface area contributed by atoms with Gasteiger partial charge in [-0.25, -0.2) is 0 Å². The number of likely N-dealkylation sites (tertiary alicyclic amines) is 1. The molecule has 1 aromatic rings. The largest absolute Gasteiger partial charge is 0.359 e. The molecule has 2 aliphatic rings. The number of aliphatic imine (C=N–C) groups is 1. The van der Waals surface area contributed by atoms with Crippen molar-refractivity contribution in [1.29, 1.82) is 0 Å². The quantitative estimate of drug-likeness (QED) is 0.342. The van der Waals surface area contributed by atoms with E-state index in [1.165, 1.54) is 6.42 Å². The molecule has 0 saturated carbocycles. The monoisotopic (exact) mass is 431 g/mol. The Morgan fingerprint density at radius 2 is 2.22 bits per heavy atom. The van der Waals surface area contributed by atoms with E-state index in [4.69, 9.17) is 4.52 Å². The second-order valence-electron chi connectivity index (χ2n) is 5.85. The lowest BCUT2D eigenvalue weighted by atomic mass is 10.2. The van der Waals surface area contributed by atoms with E-state index >= 15 is 0 Å². The van der Waals surface area contributed by atoms with Crippen LogP contribution in [0.4, 0.5) is 0 Å². The highest BCUT2D eigenvalue weighted by Gasteiger charge is 2.29. The standard InChI is InChI=1S/C16H25N5O.HI/c1-3-13-10-15(22-19-13)11-18-16(17-2)21-9-6-14(12-21)20-7-4-5-8-20;/h4-5,10,14H,3,6-9,11-12H2,1-2H3,(H,17,18);1H. The molecule has 1 saturated heterocycles. The molecule has 0 bridgehead atoms. The van der Waals surface area contributed by atoms with Crippen LogP contribution in [0.2, 0.25) is 0 Å². The second kappa shape index (κ2) is 8.68. The molecule has 0 aliphatic carbocycles. The van der Waals surface area contributed by atoms with Crippen LogP contribution in [-0.4, -0.2) is 60.2 Å². The average Bonchev–Trinajstić information content (AvgIpc) is 3.28. The summed E-state index contributed by atoms with van der Waals surface area (Å²) in [6, 6.07) is 2.63. The topological polar surface area (TPSA) is 56.9 Å². The van der Waals surface area contributed by atoms with Crippen LogP contribution in [-0.2, 0) is 13.0 Å². The van der Waals surface area contributed by atoms with E-state index in [1.807, 2.05) is 13.1 Å². The summed E-state index contributed by atoms with van der Waals surface area (Å²) in [5.41, 5.74) is 0.995. The van der Waals surface area contributed by atoms with Crippen molar-refractivity contribution in [1.82, 2.24) is 20.3 Å². The number of halogens is 1. The normalized spacial score (nSPS) is 21.7. The number of hydrogen-bond donors (Lipinski definition) is 1. The van der Waals surface area contributed by atoms with Gasteiger partial charge >= 0.3 is 0 Å². The highest BCUT2D eigenvalue weighted by atomic mass is 127. The fraction of sp³-hybridized carbons (Fsp3) is 0.625. The number of guanidine groups is 1. The summed E-state index contributed by atoms with van der Waals surface area (Å²) in [5, 5.41) is 7.40. The number of nitrogens with zero attached hydrogens (tertiary/aromatic N) is 4. The van der Waals surface area contributed by atoms with Crippen LogP contribution in [0.1, 0.15) is 24.8 Å². The Balaban J connectivity index is 0.00000192. The van der Waals surface area contributed by atoms with Crippen LogP contribution in [0.25, 0.3) is 0 Å². The van der Waals surface area contributed by atoms with E-state index < -0.39 is 0 Å². The van der Waals surface area contributed by atoms with Crippen LogP contribution < -0.4 is 5.32 Å². The molecule has 1 unspecified atom stereocenters. The summed E-state index contributed by atoms with van der Waals surface area (Å²) in [7, 11) is 1.84. The van der Waals surface area contributed by atoms with E-state index in [0.717, 1.165) is 50.0 Å². The molecule has 128 valence electrons. The minimum absolute atomic E-state index is 0. The van der Waals surface area contributed by atoms with Gasteiger partial charge in [0.1, 0.15) is 0 Å². The number of aromatic nitrogens is 1. The average molecular weight is 431 g/mol. The zero-order valence-corrected chi connectivity index (χ0v) is 16.2. The fourth-order valence-corrected chi connectivity index (χ4v) is 3.13. The van der Waals surface area contributed by atoms with E-state index in [-0.39, 0.29) is 24.0 Å². The summed E-state index contributed by atoms with van der Waals surface area (Å²) in [5.74, 6) is 1.81. The van der Waals surface area contributed by atoms with E-state index in [0.29, 0.717) is 12.6 Å². The van der Waals surface area contributed by atoms with Gasteiger partial charge in [0.05, 0.1) is 12.2 Å². The first kappa shape index (κ1) is 18.3. The predicted octanol–water partition coefficient (Wildman–Crippen LogP) is 1.88. The molecule has 0 aromatic carbocycles. The molecule has 1 N–H and O–H groups in total. The van der Waals surface area contributed by atoms with Crippen molar-refractivity contribution < 1.29 is 4.52 Å². The second-order valence-corrected chi connectivity index (χ2v) is 5.85. The third kappa shape index (κ3) is 4.47. The first-order valence-electron chi connectivity index (χ1n) is 8.09. The van der Waals surface area contributed by atoms with Crippen molar-refractivity contribution in [2.75, 3.05) is 33.2 Å². The van der Waals surface area contributed by atoms with Gasteiger partial charge in [0, 0.05) is 45.3 Å². The van der Waals surface area contributed by atoms with Gasteiger partial charge in [0.2, 0.25) is 0 Å². The van der Waals surface area contributed by atoms with E-state index in [1.54, 1.807) is 0 Å². The van der Waals surface area contributed by atoms with Crippen LogP contribution in [0.15, 0.2) is 27.7 Å². The Hall–Kier alpha value is -1.09. The fourth-order valence-electron chi connectivity index (χ4n) is 3.13. The lowest BCUT2D eigenvalue weighted by Crippen LogP contribution is -2.42. The maximum Gasteiger partial charge on any atom is 0.194 e. The zero-order valence-electron chi connectivity index (χ0n) is 13.9. The van der Waals surface area contributed by atoms with Crippen molar-refractivity contribution in [3.05, 3.63) is 29.7 Å². The molecular formula is C16H26IN5O. The molecule has 0 spiro atoms. The Morgan fingerprint density at radius 1 is 1.43 bits per heavy atom. The highest BCUT2D eigenvalue weighted by molar-refractivity contribution is 14.0. The molecule has 1 aromatic heterocycles. The number of rotatable bonds is 4. The van der Waals surface area contributed by atoms with Crippen molar-refractivity contribution >= 4 is 29.9 Å². The summed E-state index contributed by atoms with van der Waals surface area (Å²) in [4.78, 5) is 9.27. The van der Waals surface area contributed by atoms with Crippen LogP contribution in [0.3, 0.4) is 0 Å². The lowest BCUT2D eigenvalue weighted by Gasteiger charge is -2.25. The van der Waals surface area contributed by atoms with Crippen molar-refractivity contribution in [2.45, 2.75) is 32.4 Å². The molecule has 6 nitrogen and oxygen atoms in total. The molecule has 0 radical (unpaired) electrons. The molecular weight excluding hydrogens is 405 g/mol. The third-order valence-corrected chi connectivity index (χ3v) is 4.43. The van der Waals surface area contributed by atoms with Gasteiger partial charge in [-0.1, -0.05) is 24.2 Å². The smallest absolute Gasteiger partial charge is 0.194 e. The lowest BCUT2D eigenvalue weighted by molar-refractivity contribution is 0.259. The Morgan fingerprint density at radius 3 is 2.87 bits per heavy atom. The van der Waals surface area contributed by atoms with Crippen LogP contribution >= 0.6 is 24.0 Å². The first-order chi connectivity index (χ1) is 10.8. The van der Waals surface area contributed by atoms with Gasteiger partial charge in [-0.3, -0.25) is 9.89 Å². The summed E-state index contributed by atoms with van der Waals surface area (Å²) >= 11 is 0. The molecule has 3 heterocycles. The van der Waals surface area contributed by atoms with Gasteiger partial charge in [-0.15, -0.1) is 24.0 Å². The highest BCUT2D eigenvalue weighted by Crippen LogP contribution is 2.18. The third-order valence-electron chi connectivity index (χ3n) is 4.43. The van der Waals surface area contributed by atoms with Crippen LogP contribution in [0, 0.1) is 0 Å².